The highest BCUT2D eigenvalue weighted by atomic mass is 35.5. The Bertz CT molecular complexity index is 1890. The van der Waals surface area contributed by atoms with Crippen LogP contribution in [0.5, 0.6) is 5.75 Å². The number of primary sulfonamides is 1. The number of benzene rings is 3. The van der Waals surface area contributed by atoms with Gasteiger partial charge in [-0.3, -0.25) is 9.69 Å². The van der Waals surface area contributed by atoms with Gasteiger partial charge in [-0.05, 0) is 106 Å². The summed E-state index contributed by atoms with van der Waals surface area (Å²) in [6, 6.07) is 21.7. The third-order valence-corrected chi connectivity index (χ3v) is 12.2. The Kier molecular flexibility index (Phi) is 8.12. The van der Waals surface area contributed by atoms with Crippen LogP contribution in [0.4, 0.5) is 0 Å². The van der Waals surface area contributed by atoms with Crippen molar-refractivity contribution in [3.8, 4) is 5.75 Å². The summed E-state index contributed by atoms with van der Waals surface area (Å²) in [5.41, 5.74) is 3.44. The van der Waals surface area contributed by atoms with E-state index in [4.69, 9.17) is 21.7 Å². The molecule has 242 valence electrons. The first kappa shape index (κ1) is 31.2. The minimum absolute atomic E-state index is 0.00731. The maximum absolute atomic E-state index is 13.5. The van der Waals surface area contributed by atoms with Gasteiger partial charge in [0.25, 0.3) is 5.91 Å². The SMILES string of the molecule is Cc1nc2ccccc2n1C1CC2CCC(C1)N2CCC1(c2cccc(O)c2)CCN(C(=O)c2ccc(Cl)c(S(N)(=O)=O)c2)CC1. The number of amides is 1. The number of likely N-dealkylation sites (tertiary alicyclic amines) is 1. The highest BCUT2D eigenvalue weighted by molar-refractivity contribution is 7.89. The second kappa shape index (κ2) is 12.0. The number of imidazole rings is 1. The molecular formula is C35H40ClN5O4S. The number of hydrogen-bond acceptors (Lipinski definition) is 6. The van der Waals surface area contributed by atoms with Crippen LogP contribution < -0.4 is 5.14 Å². The molecule has 1 aromatic heterocycles. The summed E-state index contributed by atoms with van der Waals surface area (Å²) in [4.78, 5) is 22.6. The summed E-state index contributed by atoms with van der Waals surface area (Å²) >= 11 is 6.06. The van der Waals surface area contributed by atoms with Crippen molar-refractivity contribution in [2.45, 2.75) is 80.3 Å². The molecule has 9 nitrogen and oxygen atoms in total. The van der Waals surface area contributed by atoms with Crippen LogP contribution in [0.15, 0.2) is 71.6 Å². The second-order valence-corrected chi connectivity index (χ2v) is 15.3. The van der Waals surface area contributed by atoms with E-state index in [0.29, 0.717) is 31.2 Å². The van der Waals surface area contributed by atoms with E-state index in [2.05, 4.69) is 46.7 Å². The number of phenols is 1. The van der Waals surface area contributed by atoms with E-state index >= 15 is 0 Å². The number of carbonyl (C=O) groups excluding carboxylic acids is 1. The molecule has 4 aromatic rings. The largest absolute Gasteiger partial charge is 0.508 e. The minimum atomic E-state index is -4.06. The van der Waals surface area contributed by atoms with Gasteiger partial charge in [0, 0.05) is 42.2 Å². The molecule has 11 heteroatoms. The first-order chi connectivity index (χ1) is 22.0. The summed E-state index contributed by atoms with van der Waals surface area (Å²) in [5.74, 6) is 1.09. The Balaban J connectivity index is 1.08. The predicted octanol–water partition coefficient (Wildman–Crippen LogP) is 5.78. The number of aryl methyl sites for hydroxylation is 1. The lowest BCUT2D eigenvalue weighted by molar-refractivity contribution is 0.0606. The van der Waals surface area contributed by atoms with E-state index in [1.165, 1.54) is 30.5 Å². The number of rotatable bonds is 7. The molecule has 0 saturated carbocycles. The zero-order valence-electron chi connectivity index (χ0n) is 26.0. The number of carbonyl (C=O) groups is 1. The zero-order valence-corrected chi connectivity index (χ0v) is 27.6. The van der Waals surface area contributed by atoms with Gasteiger partial charge in [0.2, 0.25) is 10.0 Å². The topological polar surface area (TPSA) is 122 Å². The molecule has 0 aliphatic carbocycles. The Morgan fingerprint density at radius 1 is 1.00 bits per heavy atom. The van der Waals surface area contributed by atoms with Crippen molar-refractivity contribution in [2.24, 2.45) is 5.14 Å². The highest BCUT2D eigenvalue weighted by Crippen LogP contribution is 2.45. The van der Waals surface area contributed by atoms with Gasteiger partial charge in [0.1, 0.15) is 16.5 Å². The van der Waals surface area contributed by atoms with E-state index in [1.807, 2.05) is 12.1 Å². The molecule has 2 atom stereocenters. The van der Waals surface area contributed by atoms with Crippen LogP contribution in [-0.2, 0) is 15.4 Å². The Morgan fingerprint density at radius 2 is 1.72 bits per heavy atom. The van der Waals surface area contributed by atoms with Crippen molar-refractivity contribution < 1.29 is 18.3 Å². The summed E-state index contributed by atoms with van der Waals surface area (Å²) in [5, 5.41) is 15.8. The summed E-state index contributed by atoms with van der Waals surface area (Å²) in [7, 11) is -4.06. The number of sulfonamides is 1. The van der Waals surface area contributed by atoms with Gasteiger partial charge in [-0.25, -0.2) is 18.5 Å². The number of para-hydroxylation sites is 2. The molecule has 3 aliphatic rings. The van der Waals surface area contributed by atoms with Crippen molar-refractivity contribution >= 4 is 38.6 Å². The fourth-order valence-corrected chi connectivity index (χ4v) is 9.56. The van der Waals surface area contributed by atoms with Crippen molar-refractivity contribution in [1.29, 1.82) is 0 Å². The molecule has 0 spiro atoms. The average Bonchev–Trinajstić information content (AvgIpc) is 3.49. The zero-order chi connectivity index (χ0) is 32.2. The molecule has 0 radical (unpaired) electrons. The number of aromatic nitrogens is 2. The number of halogens is 1. The highest BCUT2D eigenvalue weighted by Gasteiger charge is 2.44. The average molecular weight is 662 g/mol. The first-order valence-corrected chi connectivity index (χ1v) is 18.1. The molecule has 1 amide bonds. The predicted molar refractivity (Wildman–Crippen MR) is 179 cm³/mol. The Morgan fingerprint density at radius 3 is 2.41 bits per heavy atom. The number of piperidine rings is 2. The van der Waals surface area contributed by atoms with Gasteiger partial charge in [-0.1, -0.05) is 35.9 Å². The molecular weight excluding hydrogens is 622 g/mol. The molecule has 46 heavy (non-hydrogen) atoms. The third-order valence-electron chi connectivity index (χ3n) is 10.8. The van der Waals surface area contributed by atoms with Crippen LogP contribution in [0.2, 0.25) is 5.02 Å². The van der Waals surface area contributed by atoms with E-state index in [-0.39, 0.29) is 32.6 Å². The fourth-order valence-electron chi connectivity index (χ4n) is 8.48. The number of fused-ring (bicyclic) bond motifs is 3. The summed E-state index contributed by atoms with van der Waals surface area (Å²) in [6.45, 7) is 4.12. The molecule has 3 N–H and O–H groups in total. The van der Waals surface area contributed by atoms with Gasteiger partial charge < -0.3 is 14.6 Å². The van der Waals surface area contributed by atoms with Crippen molar-refractivity contribution in [1.82, 2.24) is 19.4 Å². The van der Waals surface area contributed by atoms with Crippen LogP contribution in [0, 0.1) is 6.92 Å². The summed E-state index contributed by atoms with van der Waals surface area (Å²) < 4.78 is 26.5. The first-order valence-electron chi connectivity index (χ1n) is 16.1. The van der Waals surface area contributed by atoms with Gasteiger partial charge in [-0.2, -0.15) is 0 Å². The van der Waals surface area contributed by atoms with Crippen molar-refractivity contribution in [3.63, 3.8) is 0 Å². The van der Waals surface area contributed by atoms with Gasteiger partial charge in [0.15, 0.2) is 0 Å². The van der Waals surface area contributed by atoms with Crippen LogP contribution in [0.25, 0.3) is 11.0 Å². The molecule has 7 rings (SSSR count). The van der Waals surface area contributed by atoms with E-state index in [9.17, 15) is 18.3 Å². The maximum Gasteiger partial charge on any atom is 0.253 e. The van der Waals surface area contributed by atoms with Crippen LogP contribution >= 0.6 is 11.6 Å². The Labute approximate surface area is 275 Å². The molecule has 3 saturated heterocycles. The quantitative estimate of drug-likeness (QED) is 0.259. The molecule has 3 aliphatic heterocycles. The van der Waals surface area contributed by atoms with Gasteiger partial charge >= 0.3 is 0 Å². The lowest BCUT2D eigenvalue weighted by atomic mass is 9.70. The molecule has 4 heterocycles. The molecule has 2 unspecified atom stereocenters. The number of nitrogens with zero attached hydrogens (tertiary/aromatic N) is 4. The lowest BCUT2D eigenvalue weighted by Gasteiger charge is -2.45. The number of hydrogen-bond donors (Lipinski definition) is 2. The second-order valence-electron chi connectivity index (χ2n) is 13.3. The minimum Gasteiger partial charge on any atom is -0.508 e. The van der Waals surface area contributed by atoms with Gasteiger partial charge in [-0.15, -0.1) is 0 Å². The smallest absolute Gasteiger partial charge is 0.253 e. The third kappa shape index (κ3) is 5.70. The van der Waals surface area contributed by atoms with Crippen LogP contribution in [0.1, 0.15) is 72.7 Å². The van der Waals surface area contributed by atoms with Gasteiger partial charge in [0.05, 0.1) is 16.1 Å². The maximum atomic E-state index is 13.5. The van der Waals surface area contributed by atoms with E-state index in [1.54, 1.807) is 17.0 Å². The number of nitrogens with two attached hydrogens (primary N) is 1. The molecule has 3 aromatic carbocycles. The number of aromatic hydroxyl groups is 1. The summed E-state index contributed by atoms with van der Waals surface area (Å²) in [6.07, 6.45) is 7.04. The van der Waals surface area contributed by atoms with Crippen molar-refractivity contribution in [3.05, 3.63) is 88.7 Å². The number of phenolic OH excluding ortho intramolecular Hbond substituents is 1. The van der Waals surface area contributed by atoms with Crippen LogP contribution in [0.3, 0.4) is 0 Å². The molecule has 2 bridgehead atoms. The standard InChI is InChI=1S/C35H40ClN5O4S/c1-23-38-31-7-2-3-8-32(31)41(23)28-21-26-10-11-27(22-28)40(26)18-15-35(25-5-4-6-29(42)20-25)13-16-39(17-14-35)34(43)24-9-12-30(36)33(19-24)46(37,44)45/h2-9,12,19-20,26-28,42H,10-11,13-18,21-22H2,1H3,(H2,37,44,45). The fraction of sp³-hybridized carbons (Fsp3) is 0.429. The van der Waals surface area contributed by atoms with E-state index in [0.717, 1.165) is 55.6 Å². The van der Waals surface area contributed by atoms with E-state index < -0.39 is 10.0 Å². The normalized spacial score (nSPS) is 23.2. The monoisotopic (exact) mass is 661 g/mol. The van der Waals surface area contributed by atoms with Crippen molar-refractivity contribution in [2.75, 3.05) is 19.6 Å². The Hall–Kier alpha value is -3.44. The van der Waals surface area contributed by atoms with Crippen LogP contribution in [-0.4, -0.2) is 70.5 Å². The molecule has 3 fully saturated rings. The lowest BCUT2D eigenvalue weighted by Crippen LogP contribution is -2.49.